The van der Waals surface area contributed by atoms with Crippen molar-refractivity contribution in [3.63, 3.8) is 0 Å². The first kappa shape index (κ1) is 16.8. The van der Waals surface area contributed by atoms with E-state index in [1.54, 1.807) is 18.5 Å². The summed E-state index contributed by atoms with van der Waals surface area (Å²) in [5, 5.41) is 15.2. The monoisotopic (exact) mass is 396 g/mol. The lowest BCUT2D eigenvalue weighted by Gasteiger charge is -2.36. The number of aromatic amines is 1. The summed E-state index contributed by atoms with van der Waals surface area (Å²) in [6.45, 7) is 0.363. The third-order valence-electron chi connectivity index (χ3n) is 4.62. The van der Waals surface area contributed by atoms with E-state index in [4.69, 9.17) is 0 Å². The van der Waals surface area contributed by atoms with E-state index in [9.17, 15) is 13.5 Å². The predicted octanol–water partition coefficient (Wildman–Crippen LogP) is 1.01. The van der Waals surface area contributed by atoms with Crippen LogP contribution in [0.1, 0.15) is 0 Å². The summed E-state index contributed by atoms with van der Waals surface area (Å²) in [5.41, 5.74) is 1.66. The van der Waals surface area contributed by atoms with Crippen molar-refractivity contribution >= 4 is 21.1 Å². The first-order valence-corrected chi connectivity index (χ1v) is 9.80. The van der Waals surface area contributed by atoms with Crippen molar-refractivity contribution in [1.82, 2.24) is 34.0 Å². The van der Waals surface area contributed by atoms with E-state index in [0.29, 0.717) is 16.9 Å². The molecule has 0 atom stereocenters. The highest BCUT2D eigenvalue weighted by molar-refractivity contribution is 7.89. The average Bonchev–Trinajstić information content (AvgIpc) is 3.27. The predicted molar refractivity (Wildman–Crippen MR) is 98.4 cm³/mol. The molecule has 141 valence electrons. The summed E-state index contributed by atoms with van der Waals surface area (Å²) >= 11 is 0. The summed E-state index contributed by atoms with van der Waals surface area (Å²) in [4.78, 5) is 15.4. The van der Waals surface area contributed by atoms with Crippen molar-refractivity contribution in [1.29, 1.82) is 0 Å². The van der Waals surface area contributed by atoms with Crippen LogP contribution < -0.4 is 0 Å². The van der Waals surface area contributed by atoms with Crippen LogP contribution in [0.2, 0.25) is 0 Å². The van der Waals surface area contributed by atoms with Gasteiger partial charge in [-0.15, -0.1) is 5.10 Å². The van der Waals surface area contributed by atoms with Crippen LogP contribution in [0.15, 0.2) is 54.2 Å². The van der Waals surface area contributed by atoms with Gasteiger partial charge in [-0.2, -0.15) is 4.31 Å². The van der Waals surface area contributed by atoms with Gasteiger partial charge in [0.1, 0.15) is 22.9 Å². The number of aromatic hydroxyl groups is 1. The first-order valence-electron chi connectivity index (χ1n) is 8.36. The summed E-state index contributed by atoms with van der Waals surface area (Å²) in [5.74, 6) is -0.178. The van der Waals surface area contributed by atoms with E-state index < -0.39 is 10.0 Å². The number of H-pyrrole nitrogens is 1. The molecule has 5 heterocycles. The van der Waals surface area contributed by atoms with Gasteiger partial charge in [-0.3, -0.25) is 9.67 Å². The molecule has 0 spiro atoms. The van der Waals surface area contributed by atoms with Gasteiger partial charge in [-0.05, 0) is 18.2 Å². The van der Waals surface area contributed by atoms with E-state index >= 15 is 0 Å². The molecule has 1 saturated heterocycles. The highest BCUT2D eigenvalue weighted by Crippen LogP contribution is 2.34. The largest absolute Gasteiger partial charge is 0.492 e. The van der Waals surface area contributed by atoms with Crippen LogP contribution in [-0.2, 0) is 10.0 Å². The van der Waals surface area contributed by atoms with Gasteiger partial charge in [-0.25, -0.2) is 18.4 Å². The molecule has 5 rings (SSSR count). The summed E-state index contributed by atoms with van der Waals surface area (Å²) in [7, 11) is -3.60. The Kier molecular flexibility index (Phi) is 3.67. The van der Waals surface area contributed by atoms with Crippen LogP contribution in [0, 0.1) is 6.04 Å². The second-order valence-electron chi connectivity index (χ2n) is 6.30. The lowest BCUT2D eigenvalue weighted by Crippen LogP contribution is -2.51. The molecule has 1 radical (unpaired) electrons. The SMILES string of the molecule is O=S(=O)(c1cccnc1)N1C[C](n2cc(-c3ncnc4[nH]ccc34)c(O)n2)C1. The zero-order valence-electron chi connectivity index (χ0n) is 14.4. The van der Waals surface area contributed by atoms with Gasteiger partial charge in [0.05, 0.1) is 11.3 Å². The zero-order valence-corrected chi connectivity index (χ0v) is 15.2. The normalized spacial score (nSPS) is 15.7. The molecule has 0 saturated carbocycles. The topological polar surface area (TPSA) is 130 Å². The molecule has 0 bridgehead atoms. The molecule has 1 aliphatic rings. The van der Waals surface area contributed by atoms with Crippen molar-refractivity contribution < 1.29 is 13.5 Å². The molecule has 0 amide bonds. The quantitative estimate of drug-likeness (QED) is 0.526. The standard InChI is InChI=1S/C17H14N7O3S/c25-17-14(15-13-3-5-19-16(13)21-10-20-15)9-24(22-17)11-7-23(8-11)28(26,27)12-2-1-4-18-6-12/h1-6,9-10H,7-8H2,(H,22,25)(H,19,20,21). The molecule has 1 fully saturated rings. The van der Waals surface area contributed by atoms with Crippen LogP contribution in [0.3, 0.4) is 0 Å². The Morgan fingerprint density at radius 1 is 1.18 bits per heavy atom. The molecular weight excluding hydrogens is 382 g/mol. The van der Waals surface area contributed by atoms with E-state index in [1.807, 2.05) is 6.07 Å². The van der Waals surface area contributed by atoms with Crippen molar-refractivity contribution in [3.8, 4) is 17.1 Å². The fourth-order valence-electron chi connectivity index (χ4n) is 3.11. The van der Waals surface area contributed by atoms with Crippen LogP contribution in [0.5, 0.6) is 5.88 Å². The highest BCUT2D eigenvalue weighted by atomic mass is 32.2. The number of nitrogens with one attached hydrogen (secondary N) is 1. The van der Waals surface area contributed by atoms with Crippen LogP contribution in [0.25, 0.3) is 22.3 Å². The minimum Gasteiger partial charge on any atom is -0.492 e. The third kappa shape index (κ3) is 2.55. The maximum Gasteiger partial charge on any atom is 0.244 e. The Labute approximate surface area is 159 Å². The van der Waals surface area contributed by atoms with Gasteiger partial charge in [0, 0.05) is 43.3 Å². The molecule has 10 nitrogen and oxygen atoms in total. The summed E-state index contributed by atoms with van der Waals surface area (Å²) < 4.78 is 28.0. The lowest BCUT2D eigenvalue weighted by molar-refractivity contribution is 0.300. The minimum atomic E-state index is -3.60. The number of sulfonamides is 1. The van der Waals surface area contributed by atoms with Gasteiger partial charge in [0.15, 0.2) is 0 Å². The molecule has 1 aliphatic heterocycles. The fourth-order valence-corrected chi connectivity index (χ4v) is 4.49. The number of fused-ring (bicyclic) bond motifs is 1. The van der Waals surface area contributed by atoms with Crippen molar-refractivity contribution in [2.24, 2.45) is 0 Å². The van der Waals surface area contributed by atoms with Gasteiger partial charge in [-0.1, -0.05) is 0 Å². The Bertz CT molecular complexity index is 1260. The maximum atomic E-state index is 12.6. The second kappa shape index (κ2) is 6.11. The number of nitrogens with zero attached hydrogens (tertiary/aromatic N) is 6. The van der Waals surface area contributed by atoms with Crippen LogP contribution in [-0.4, -0.2) is 60.6 Å². The van der Waals surface area contributed by atoms with Gasteiger partial charge in [0.2, 0.25) is 15.9 Å². The number of aromatic nitrogens is 6. The summed E-state index contributed by atoms with van der Waals surface area (Å²) in [6, 6.07) is 5.65. The third-order valence-corrected chi connectivity index (χ3v) is 6.39. The zero-order chi connectivity index (χ0) is 19.3. The van der Waals surface area contributed by atoms with Gasteiger partial charge < -0.3 is 10.1 Å². The van der Waals surface area contributed by atoms with E-state index in [-0.39, 0.29) is 23.9 Å². The number of hydrogen-bond donors (Lipinski definition) is 2. The molecule has 28 heavy (non-hydrogen) atoms. The van der Waals surface area contributed by atoms with Crippen molar-refractivity contribution in [2.45, 2.75) is 4.90 Å². The van der Waals surface area contributed by atoms with Crippen molar-refractivity contribution in [2.75, 3.05) is 13.1 Å². The Balaban J connectivity index is 1.40. The Morgan fingerprint density at radius 2 is 2.04 bits per heavy atom. The molecular formula is C17H14N7O3S. The van der Waals surface area contributed by atoms with Crippen molar-refractivity contribution in [3.05, 3.63) is 55.4 Å². The number of rotatable bonds is 4. The van der Waals surface area contributed by atoms with E-state index in [1.165, 1.54) is 33.8 Å². The number of pyridine rings is 1. The Hall–Kier alpha value is -3.31. The molecule has 4 aromatic rings. The average molecular weight is 396 g/mol. The molecule has 0 aliphatic carbocycles. The minimum absolute atomic E-state index is 0.147. The van der Waals surface area contributed by atoms with Gasteiger partial charge in [0.25, 0.3) is 0 Å². The van der Waals surface area contributed by atoms with Crippen LogP contribution >= 0.6 is 0 Å². The Morgan fingerprint density at radius 3 is 2.82 bits per heavy atom. The van der Waals surface area contributed by atoms with Gasteiger partial charge >= 0.3 is 0 Å². The molecule has 4 aromatic heterocycles. The molecule has 0 aromatic carbocycles. The molecule has 11 heteroatoms. The number of hydrogen-bond acceptors (Lipinski definition) is 7. The van der Waals surface area contributed by atoms with E-state index in [0.717, 1.165) is 11.4 Å². The first-order chi connectivity index (χ1) is 13.5. The van der Waals surface area contributed by atoms with Crippen LogP contribution in [0.4, 0.5) is 0 Å². The van der Waals surface area contributed by atoms with E-state index in [2.05, 4.69) is 25.0 Å². The highest BCUT2D eigenvalue weighted by Gasteiger charge is 2.39. The smallest absolute Gasteiger partial charge is 0.244 e. The fraction of sp³-hybridized carbons (Fsp3) is 0.118. The second-order valence-corrected chi connectivity index (χ2v) is 8.24. The molecule has 2 N–H and O–H groups in total. The lowest BCUT2D eigenvalue weighted by atomic mass is 10.1. The molecule has 0 unspecified atom stereocenters. The summed E-state index contributed by atoms with van der Waals surface area (Å²) in [6.07, 6.45) is 7.64. The maximum absolute atomic E-state index is 12.6.